The number of rotatable bonds is 3. The van der Waals surface area contributed by atoms with Crippen LogP contribution in [0, 0.1) is 11.3 Å². The molecule has 0 fully saturated rings. The molecule has 0 aromatic heterocycles. The third-order valence-corrected chi connectivity index (χ3v) is 1.07. The summed E-state index contributed by atoms with van der Waals surface area (Å²) in [5.41, 5.74) is 0.194. The summed E-state index contributed by atoms with van der Waals surface area (Å²) in [5, 5.41) is 7.51. The van der Waals surface area contributed by atoms with Crippen molar-refractivity contribution < 1.29 is 19.1 Å². The second-order valence-electron chi connectivity index (χ2n) is 2.42. The zero-order valence-corrected chi connectivity index (χ0v) is 9.28. The SMILES string of the molecule is C=C(C)C(=O)OC(=C)C(=O)OC.C=CC#N. The third-order valence-electron chi connectivity index (χ3n) is 1.07. The fourth-order valence-corrected chi connectivity index (χ4v) is 0.355. The average molecular weight is 223 g/mol. The molecule has 0 aliphatic rings. The second kappa shape index (κ2) is 9.21. The number of hydrogen-bond acceptors (Lipinski definition) is 5. The number of carbonyl (C=O) groups excluding carboxylic acids is 2. The van der Waals surface area contributed by atoms with Gasteiger partial charge in [-0.15, -0.1) is 0 Å². The normalized spacial score (nSPS) is 7.31. The number of carbonyl (C=O) groups is 2. The monoisotopic (exact) mass is 223 g/mol. The van der Waals surface area contributed by atoms with Gasteiger partial charge >= 0.3 is 11.9 Å². The Bertz CT molecular complexity index is 349. The quantitative estimate of drug-likeness (QED) is 0.313. The molecule has 0 spiro atoms. The fourth-order valence-electron chi connectivity index (χ4n) is 0.355. The van der Waals surface area contributed by atoms with Crippen LogP contribution in [-0.4, -0.2) is 19.0 Å². The van der Waals surface area contributed by atoms with Crippen molar-refractivity contribution in [2.24, 2.45) is 0 Å². The van der Waals surface area contributed by atoms with Crippen LogP contribution in [0.3, 0.4) is 0 Å². The lowest BCUT2D eigenvalue weighted by Gasteiger charge is -2.03. The van der Waals surface area contributed by atoms with Gasteiger partial charge in [0.1, 0.15) is 0 Å². The van der Waals surface area contributed by atoms with Gasteiger partial charge in [0.05, 0.1) is 13.2 Å². The van der Waals surface area contributed by atoms with Crippen molar-refractivity contribution >= 4 is 11.9 Å². The molecule has 5 nitrogen and oxygen atoms in total. The molecule has 0 aromatic rings. The standard InChI is InChI=1S/C8H10O4.C3H3N/c1-5(2)7(9)12-6(3)8(10)11-4;1-2-3-4/h1,3H2,2,4H3;2H,1H2. The maximum atomic E-state index is 10.8. The van der Waals surface area contributed by atoms with E-state index in [1.807, 2.05) is 0 Å². The molecular formula is C11H13NO4. The molecule has 0 aliphatic heterocycles. The summed E-state index contributed by atoms with van der Waals surface area (Å²) in [6.07, 6.45) is 1.18. The Morgan fingerprint density at radius 2 is 1.75 bits per heavy atom. The number of hydrogen-bond donors (Lipinski definition) is 0. The minimum Gasteiger partial charge on any atom is -0.463 e. The first-order valence-corrected chi connectivity index (χ1v) is 4.06. The average Bonchev–Trinajstić information content (AvgIpc) is 2.27. The predicted octanol–water partition coefficient (Wildman–Crippen LogP) is 1.49. The molecule has 0 amide bonds. The van der Waals surface area contributed by atoms with E-state index in [9.17, 15) is 9.59 Å². The maximum absolute atomic E-state index is 10.8. The van der Waals surface area contributed by atoms with Gasteiger partial charge in [0.2, 0.25) is 5.76 Å². The first-order valence-electron chi connectivity index (χ1n) is 4.06. The summed E-state index contributed by atoms with van der Waals surface area (Å²) >= 11 is 0. The molecule has 0 atom stereocenters. The first kappa shape index (κ1) is 16.1. The van der Waals surface area contributed by atoms with Crippen LogP contribution in [-0.2, 0) is 19.1 Å². The van der Waals surface area contributed by atoms with E-state index in [1.54, 1.807) is 6.07 Å². The van der Waals surface area contributed by atoms with Crippen LogP contribution in [0.2, 0.25) is 0 Å². The van der Waals surface area contributed by atoms with Crippen molar-refractivity contribution in [3.8, 4) is 6.07 Å². The van der Waals surface area contributed by atoms with Gasteiger partial charge in [0.15, 0.2) is 0 Å². The van der Waals surface area contributed by atoms with Gasteiger partial charge in [-0.3, -0.25) is 0 Å². The number of methoxy groups -OCH3 is 1. The summed E-state index contributed by atoms with van der Waals surface area (Å²) in [6, 6.07) is 1.69. The maximum Gasteiger partial charge on any atom is 0.373 e. The van der Waals surface area contributed by atoms with Gasteiger partial charge in [-0.05, 0) is 13.5 Å². The molecule has 0 radical (unpaired) electrons. The molecule has 5 heteroatoms. The van der Waals surface area contributed by atoms with Crippen LogP contribution in [0.25, 0.3) is 0 Å². The van der Waals surface area contributed by atoms with Crippen LogP contribution in [0.15, 0.2) is 37.1 Å². The Hall–Kier alpha value is -2.35. The summed E-state index contributed by atoms with van der Waals surface area (Å²) in [4.78, 5) is 21.4. The molecule has 0 heterocycles. The highest BCUT2D eigenvalue weighted by Gasteiger charge is 2.12. The zero-order valence-electron chi connectivity index (χ0n) is 9.28. The van der Waals surface area contributed by atoms with Crippen LogP contribution in [0.4, 0.5) is 0 Å². The van der Waals surface area contributed by atoms with E-state index in [1.165, 1.54) is 20.1 Å². The number of allylic oxidation sites excluding steroid dienone is 1. The van der Waals surface area contributed by atoms with E-state index >= 15 is 0 Å². The highest BCUT2D eigenvalue weighted by molar-refractivity contribution is 5.93. The van der Waals surface area contributed by atoms with Gasteiger partial charge < -0.3 is 9.47 Å². The van der Waals surface area contributed by atoms with Crippen molar-refractivity contribution in [1.29, 1.82) is 5.26 Å². The fraction of sp³-hybridized carbons (Fsp3) is 0.182. The second-order valence-corrected chi connectivity index (χ2v) is 2.42. The van der Waals surface area contributed by atoms with Crippen LogP contribution in [0.1, 0.15) is 6.92 Å². The Kier molecular flexibility index (Phi) is 9.27. The van der Waals surface area contributed by atoms with Gasteiger partial charge in [-0.2, -0.15) is 5.26 Å². The molecule has 0 N–H and O–H groups in total. The minimum atomic E-state index is -0.774. The van der Waals surface area contributed by atoms with Crippen molar-refractivity contribution in [3.63, 3.8) is 0 Å². The summed E-state index contributed by atoms with van der Waals surface area (Å²) in [6.45, 7) is 11.1. The number of ether oxygens (including phenoxy) is 2. The van der Waals surface area contributed by atoms with Crippen molar-refractivity contribution in [2.45, 2.75) is 6.92 Å². The van der Waals surface area contributed by atoms with Crippen molar-refractivity contribution in [3.05, 3.63) is 37.1 Å². The smallest absolute Gasteiger partial charge is 0.373 e. The summed E-state index contributed by atoms with van der Waals surface area (Å²) in [7, 11) is 1.17. The van der Waals surface area contributed by atoms with Crippen LogP contribution in [0.5, 0.6) is 0 Å². The molecule has 0 bridgehead atoms. The van der Waals surface area contributed by atoms with Crippen molar-refractivity contribution in [2.75, 3.05) is 7.11 Å². The van der Waals surface area contributed by atoms with Crippen molar-refractivity contribution in [1.82, 2.24) is 0 Å². The van der Waals surface area contributed by atoms with Crippen LogP contribution >= 0.6 is 0 Å². The van der Waals surface area contributed by atoms with E-state index in [2.05, 4.69) is 29.2 Å². The molecular weight excluding hydrogens is 210 g/mol. The van der Waals surface area contributed by atoms with E-state index in [0.29, 0.717) is 0 Å². The van der Waals surface area contributed by atoms with Gasteiger partial charge in [-0.1, -0.05) is 13.2 Å². The van der Waals surface area contributed by atoms with E-state index in [0.717, 1.165) is 0 Å². The van der Waals surface area contributed by atoms with Crippen LogP contribution < -0.4 is 0 Å². The Morgan fingerprint density at radius 1 is 1.31 bits per heavy atom. The Labute approximate surface area is 94.3 Å². The molecule has 0 rings (SSSR count). The first-order chi connectivity index (χ1) is 7.40. The largest absolute Gasteiger partial charge is 0.463 e. The van der Waals surface area contributed by atoms with Gasteiger partial charge in [0.25, 0.3) is 0 Å². The number of nitriles is 1. The molecule has 0 unspecified atom stereocenters. The zero-order chi connectivity index (χ0) is 13.1. The number of nitrogens with zero attached hydrogens (tertiary/aromatic N) is 1. The van der Waals surface area contributed by atoms with Gasteiger partial charge in [-0.25, -0.2) is 9.59 Å². The molecule has 0 saturated carbocycles. The van der Waals surface area contributed by atoms with Gasteiger partial charge in [0, 0.05) is 11.6 Å². The van der Waals surface area contributed by atoms with E-state index in [-0.39, 0.29) is 11.3 Å². The lowest BCUT2D eigenvalue weighted by molar-refractivity contribution is -0.147. The van der Waals surface area contributed by atoms with E-state index in [4.69, 9.17) is 5.26 Å². The highest BCUT2D eigenvalue weighted by atomic mass is 16.6. The summed E-state index contributed by atoms with van der Waals surface area (Å²) < 4.78 is 8.70. The molecule has 0 saturated heterocycles. The lowest BCUT2D eigenvalue weighted by Crippen LogP contribution is -2.12. The Morgan fingerprint density at radius 3 is 2.00 bits per heavy atom. The summed E-state index contributed by atoms with van der Waals surface area (Å²) in [5.74, 6) is -1.81. The van der Waals surface area contributed by atoms with E-state index < -0.39 is 11.9 Å². The number of esters is 2. The Balaban J connectivity index is 0. The third kappa shape index (κ3) is 8.26. The predicted molar refractivity (Wildman–Crippen MR) is 57.9 cm³/mol. The molecule has 16 heavy (non-hydrogen) atoms. The highest BCUT2D eigenvalue weighted by Crippen LogP contribution is 2.01. The molecule has 0 aromatic carbocycles. The minimum absolute atomic E-state index is 0.194. The molecule has 0 aliphatic carbocycles. The topological polar surface area (TPSA) is 76.4 Å². The lowest BCUT2D eigenvalue weighted by atomic mass is 10.4. The molecule has 86 valence electrons.